The predicted molar refractivity (Wildman–Crippen MR) is 103 cm³/mol. The van der Waals surface area contributed by atoms with Crippen molar-refractivity contribution in [1.82, 2.24) is 10.6 Å². The number of nitrogens with one attached hydrogen (secondary N) is 2. The minimum atomic E-state index is 0. The van der Waals surface area contributed by atoms with Crippen LogP contribution in [0.15, 0.2) is 36.4 Å². The summed E-state index contributed by atoms with van der Waals surface area (Å²) < 4.78 is 0. The van der Waals surface area contributed by atoms with E-state index in [4.69, 9.17) is 0 Å². The second kappa shape index (κ2) is 9.05. The molecule has 0 atom stereocenters. The van der Waals surface area contributed by atoms with Crippen LogP contribution in [0, 0.1) is 0 Å². The Hall–Kier alpha value is -1.58. The van der Waals surface area contributed by atoms with Crippen molar-refractivity contribution in [2.45, 2.75) is 38.5 Å². The average molecular weight is 347 g/mol. The van der Waals surface area contributed by atoms with Gasteiger partial charge in [-0.1, -0.05) is 37.6 Å². The van der Waals surface area contributed by atoms with E-state index in [2.05, 4.69) is 41.8 Å². The van der Waals surface area contributed by atoms with Gasteiger partial charge in [0.15, 0.2) is 0 Å². The third-order valence-corrected chi connectivity index (χ3v) is 4.77. The normalized spacial score (nSPS) is 15.0. The zero-order valence-corrected chi connectivity index (χ0v) is 15.1. The van der Waals surface area contributed by atoms with Crippen LogP contribution in [0.4, 0.5) is 0 Å². The van der Waals surface area contributed by atoms with Gasteiger partial charge in [-0.3, -0.25) is 4.79 Å². The molecule has 0 aromatic heterocycles. The van der Waals surface area contributed by atoms with Crippen LogP contribution in [-0.2, 0) is 0 Å². The first-order valence-corrected chi connectivity index (χ1v) is 8.81. The van der Waals surface area contributed by atoms with E-state index in [0.717, 1.165) is 38.0 Å². The van der Waals surface area contributed by atoms with Crippen LogP contribution in [0.5, 0.6) is 0 Å². The first kappa shape index (κ1) is 18.8. The van der Waals surface area contributed by atoms with Gasteiger partial charge in [-0.25, -0.2) is 0 Å². The highest BCUT2D eigenvalue weighted by molar-refractivity contribution is 5.99. The topological polar surface area (TPSA) is 41.1 Å². The molecule has 2 aromatic carbocycles. The maximum Gasteiger partial charge on any atom is 0.251 e. The van der Waals surface area contributed by atoms with Gasteiger partial charge in [0, 0.05) is 12.1 Å². The van der Waals surface area contributed by atoms with Crippen molar-refractivity contribution in [3.05, 3.63) is 47.5 Å². The summed E-state index contributed by atoms with van der Waals surface area (Å²) in [5, 5.41) is 8.89. The molecule has 1 aliphatic heterocycles. The Labute approximate surface area is 150 Å². The SMILES string of the molecule is CCCCNC(=O)c1ccc2c(C3CCNCC3)cccc2c1.Cl. The molecule has 1 heterocycles. The highest BCUT2D eigenvalue weighted by atomic mass is 35.5. The van der Waals surface area contributed by atoms with Crippen molar-refractivity contribution in [3.63, 3.8) is 0 Å². The largest absolute Gasteiger partial charge is 0.352 e. The molecule has 0 spiro atoms. The Bertz CT molecular complexity index is 680. The highest BCUT2D eigenvalue weighted by Crippen LogP contribution is 2.31. The lowest BCUT2D eigenvalue weighted by atomic mass is 9.86. The average Bonchev–Trinajstić information content (AvgIpc) is 2.61. The Morgan fingerprint density at radius 2 is 2.00 bits per heavy atom. The third-order valence-electron chi connectivity index (χ3n) is 4.77. The smallest absolute Gasteiger partial charge is 0.251 e. The van der Waals surface area contributed by atoms with E-state index >= 15 is 0 Å². The number of unbranched alkanes of at least 4 members (excludes halogenated alkanes) is 1. The van der Waals surface area contributed by atoms with Crippen molar-refractivity contribution < 1.29 is 4.79 Å². The van der Waals surface area contributed by atoms with Crippen LogP contribution >= 0.6 is 12.4 Å². The molecule has 0 aliphatic carbocycles. The van der Waals surface area contributed by atoms with Crippen LogP contribution in [0.1, 0.15) is 54.4 Å². The molecule has 1 aliphatic rings. The van der Waals surface area contributed by atoms with Crippen LogP contribution in [0.25, 0.3) is 10.8 Å². The molecule has 1 saturated heterocycles. The van der Waals surface area contributed by atoms with Gasteiger partial charge in [-0.05, 0) is 66.7 Å². The van der Waals surface area contributed by atoms with Gasteiger partial charge in [0.1, 0.15) is 0 Å². The summed E-state index contributed by atoms with van der Waals surface area (Å²) in [6.07, 6.45) is 4.51. The number of hydrogen-bond acceptors (Lipinski definition) is 2. The molecule has 2 aromatic rings. The molecule has 4 heteroatoms. The fraction of sp³-hybridized carbons (Fsp3) is 0.450. The standard InChI is InChI=1S/C20H26N2O.ClH/c1-2-3-11-22-20(23)17-7-8-19-16(14-17)5-4-6-18(19)15-9-12-21-13-10-15;/h4-8,14-15,21H,2-3,9-13H2,1H3,(H,22,23);1H. The maximum absolute atomic E-state index is 12.2. The van der Waals surface area contributed by atoms with Gasteiger partial charge in [0.05, 0.1) is 0 Å². The number of halogens is 1. The van der Waals surface area contributed by atoms with Crippen molar-refractivity contribution in [3.8, 4) is 0 Å². The van der Waals surface area contributed by atoms with Gasteiger partial charge >= 0.3 is 0 Å². The lowest BCUT2D eigenvalue weighted by Crippen LogP contribution is -2.26. The number of amides is 1. The number of fused-ring (bicyclic) bond motifs is 1. The van der Waals surface area contributed by atoms with Gasteiger partial charge in [-0.2, -0.15) is 0 Å². The Balaban J connectivity index is 0.00000208. The summed E-state index contributed by atoms with van der Waals surface area (Å²) in [4.78, 5) is 12.2. The van der Waals surface area contributed by atoms with Crippen molar-refractivity contribution in [2.75, 3.05) is 19.6 Å². The van der Waals surface area contributed by atoms with Crippen molar-refractivity contribution in [2.24, 2.45) is 0 Å². The Kier molecular flexibility index (Phi) is 7.07. The van der Waals surface area contributed by atoms with Gasteiger partial charge in [-0.15, -0.1) is 12.4 Å². The molecule has 1 amide bonds. The molecule has 0 unspecified atom stereocenters. The van der Waals surface area contributed by atoms with Crippen LogP contribution in [0.3, 0.4) is 0 Å². The number of piperidine rings is 1. The molecule has 130 valence electrons. The van der Waals surface area contributed by atoms with Crippen LogP contribution < -0.4 is 10.6 Å². The third kappa shape index (κ3) is 4.28. The van der Waals surface area contributed by atoms with E-state index in [1.165, 1.54) is 29.2 Å². The van der Waals surface area contributed by atoms with E-state index in [9.17, 15) is 4.79 Å². The number of benzene rings is 2. The number of carbonyl (C=O) groups is 1. The second-order valence-corrected chi connectivity index (χ2v) is 6.42. The molecule has 0 radical (unpaired) electrons. The quantitative estimate of drug-likeness (QED) is 0.794. The maximum atomic E-state index is 12.2. The Morgan fingerprint density at radius 3 is 2.75 bits per heavy atom. The first-order valence-electron chi connectivity index (χ1n) is 8.81. The molecule has 0 bridgehead atoms. The molecule has 0 saturated carbocycles. The van der Waals surface area contributed by atoms with E-state index in [0.29, 0.717) is 5.92 Å². The summed E-state index contributed by atoms with van der Waals surface area (Å²) in [6, 6.07) is 12.6. The minimum Gasteiger partial charge on any atom is -0.352 e. The Morgan fingerprint density at radius 1 is 1.21 bits per heavy atom. The number of carbonyl (C=O) groups excluding carboxylic acids is 1. The van der Waals surface area contributed by atoms with Gasteiger partial charge in [0.25, 0.3) is 5.91 Å². The summed E-state index contributed by atoms with van der Waals surface area (Å²) in [7, 11) is 0. The van der Waals surface area contributed by atoms with E-state index in [1.807, 2.05) is 12.1 Å². The lowest BCUT2D eigenvalue weighted by molar-refractivity contribution is 0.0953. The second-order valence-electron chi connectivity index (χ2n) is 6.42. The molecule has 1 fully saturated rings. The minimum absolute atomic E-state index is 0. The fourth-order valence-electron chi connectivity index (χ4n) is 3.42. The monoisotopic (exact) mass is 346 g/mol. The van der Waals surface area contributed by atoms with E-state index in [-0.39, 0.29) is 18.3 Å². The van der Waals surface area contributed by atoms with Gasteiger partial charge in [0.2, 0.25) is 0 Å². The molecule has 24 heavy (non-hydrogen) atoms. The number of hydrogen-bond donors (Lipinski definition) is 2. The highest BCUT2D eigenvalue weighted by Gasteiger charge is 2.17. The van der Waals surface area contributed by atoms with Crippen LogP contribution in [-0.4, -0.2) is 25.5 Å². The van der Waals surface area contributed by atoms with E-state index in [1.54, 1.807) is 0 Å². The summed E-state index contributed by atoms with van der Waals surface area (Å²) in [6.45, 7) is 5.07. The molecular weight excluding hydrogens is 320 g/mol. The molecule has 3 nitrogen and oxygen atoms in total. The van der Waals surface area contributed by atoms with Crippen molar-refractivity contribution in [1.29, 1.82) is 0 Å². The zero-order chi connectivity index (χ0) is 16.1. The first-order chi connectivity index (χ1) is 11.3. The number of rotatable bonds is 5. The predicted octanol–water partition coefficient (Wildman–Crippen LogP) is 4.26. The molecular formula is C20H27ClN2O. The van der Waals surface area contributed by atoms with E-state index < -0.39 is 0 Å². The molecule has 3 rings (SSSR count). The van der Waals surface area contributed by atoms with Gasteiger partial charge < -0.3 is 10.6 Å². The fourth-order valence-corrected chi connectivity index (χ4v) is 3.42. The lowest BCUT2D eigenvalue weighted by Gasteiger charge is -2.24. The van der Waals surface area contributed by atoms with Crippen LogP contribution in [0.2, 0.25) is 0 Å². The molecule has 2 N–H and O–H groups in total. The summed E-state index contributed by atoms with van der Waals surface area (Å²) in [5.74, 6) is 0.664. The summed E-state index contributed by atoms with van der Waals surface area (Å²) in [5.41, 5.74) is 2.19. The summed E-state index contributed by atoms with van der Waals surface area (Å²) >= 11 is 0. The zero-order valence-electron chi connectivity index (χ0n) is 14.3. The van der Waals surface area contributed by atoms with Crippen molar-refractivity contribution >= 4 is 29.1 Å².